The fourth-order valence-electron chi connectivity index (χ4n) is 2.47. The summed E-state index contributed by atoms with van der Waals surface area (Å²) in [6.07, 6.45) is 0. The molecule has 23 heavy (non-hydrogen) atoms. The number of rotatable bonds is 4. The second kappa shape index (κ2) is 6.44. The molecule has 1 aromatic heterocycles. The van der Waals surface area contributed by atoms with Gasteiger partial charge in [-0.25, -0.2) is 5.43 Å². The molecule has 4 N–H and O–H groups in total. The van der Waals surface area contributed by atoms with Crippen LogP contribution in [0.25, 0.3) is 10.9 Å². The summed E-state index contributed by atoms with van der Waals surface area (Å²) in [5, 5.41) is 10.7. The molecule has 0 aliphatic carbocycles. The maximum Gasteiger partial charge on any atom is 0.282 e. The fourth-order valence-corrected chi connectivity index (χ4v) is 2.83. The van der Waals surface area contributed by atoms with Crippen LogP contribution in [-0.4, -0.2) is 16.0 Å². The lowest BCUT2D eigenvalue weighted by atomic mass is 10.1. The summed E-state index contributed by atoms with van der Waals surface area (Å²) in [6, 6.07) is 12.8. The van der Waals surface area contributed by atoms with Crippen LogP contribution in [0.1, 0.15) is 21.6 Å². The highest BCUT2D eigenvalue weighted by molar-refractivity contribution is 9.10. The number of H-pyrrole nitrogens is 1. The summed E-state index contributed by atoms with van der Waals surface area (Å²) in [6.45, 7) is 2.24. The lowest BCUT2D eigenvalue weighted by molar-refractivity contribution is 0.0927. The number of aromatic nitrogens is 1. The van der Waals surface area contributed by atoms with Crippen LogP contribution in [0.5, 0.6) is 5.75 Å². The Morgan fingerprint density at radius 3 is 2.83 bits per heavy atom. The topological polar surface area (TPSA) is 77.2 Å². The minimum atomic E-state index is -0.245. The number of phenolic OH excluding ortho intramolecular Hbond substituents is 1. The van der Waals surface area contributed by atoms with Crippen LogP contribution in [0.4, 0.5) is 0 Å². The Labute approximate surface area is 141 Å². The van der Waals surface area contributed by atoms with E-state index in [-0.39, 0.29) is 11.7 Å². The van der Waals surface area contributed by atoms with E-state index in [9.17, 15) is 9.90 Å². The molecule has 1 heterocycles. The summed E-state index contributed by atoms with van der Waals surface area (Å²) in [7, 11) is 0. The van der Waals surface area contributed by atoms with Crippen LogP contribution in [0.15, 0.2) is 46.9 Å². The van der Waals surface area contributed by atoms with Crippen molar-refractivity contribution in [2.24, 2.45) is 0 Å². The molecule has 6 heteroatoms. The highest BCUT2D eigenvalue weighted by Crippen LogP contribution is 2.25. The molecule has 1 amide bonds. The van der Waals surface area contributed by atoms with Gasteiger partial charge in [-0.15, -0.1) is 0 Å². The van der Waals surface area contributed by atoms with Gasteiger partial charge < -0.3 is 10.1 Å². The van der Waals surface area contributed by atoms with E-state index in [1.807, 2.05) is 31.2 Å². The van der Waals surface area contributed by atoms with Crippen molar-refractivity contribution in [2.45, 2.75) is 13.5 Å². The van der Waals surface area contributed by atoms with E-state index in [2.05, 4.69) is 31.8 Å². The van der Waals surface area contributed by atoms with Gasteiger partial charge in [0.1, 0.15) is 11.4 Å². The van der Waals surface area contributed by atoms with Gasteiger partial charge in [0.2, 0.25) is 0 Å². The summed E-state index contributed by atoms with van der Waals surface area (Å²) >= 11 is 3.44. The number of benzene rings is 2. The highest BCUT2D eigenvalue weighted by Gasteiger charge is 2.14. The van der Waals surface area contributed by atoms with Crippen molar-refractivity contribution >= 4 is 32.7 Å². The van der Waals surface area contributed by atoms with E-state index in [0.29, 0.717) is 17.8 Å². The van der Waals surface area contributed by atoms with Gasteiger partial charge in [-0.1, -0.05) is 34.1 Å². The minimum absolute atomic E-state index is 0.195. The first kappa shape index (κ1) is 15.6. The molecule has 2 aromatic carbocycles. The summed E-state index contributed by atoms with van der Waals surface area (Å²) in [5.74, 6) is -0.0499. The number of aromatic amines is 1. The molecule has 3 aromatic rings. The maximum atomic E-state index is 12.3. The zero-order valence-electron chi connectivity index (χ0n) is 12.5. The number of aromatic hydroxyl groups is 1. The van der Waals surface area contributed by atoms with Crippen molar-refractivity contribution in [3.05, 3.63) is 63.8 Å². The van der Waals surface area contributed by atoms with Gasteiger partial charge in [-0.05, 0) is 36.8 Å². The van der Waals surface area contributed by atoms with Crippen LogP contribution < -0.4 is 10.9 Å². The van der Waals surface area contributed by atoms with Gasteiger partial charge in [0, 0.05) is 27.5 Å². The number of carbonyl (C=O) groups excluding carboxylic acids is 1. The van der Waals surface area contributed by atoms with Crippen molar-refractivity contribution in [1.82, 2.24) is 15.8 Å². The highest BCUT2D eigenvalue weighted by atomic mass is 79.9. The largest absolute Gasteiger partial charge is 0.508 e. The lowest BCUT2D eigenvalue weighted by Gasteiger charge is -2.08. The third kappa shape index (κ3) is 3.23. The number of amides is 1. The Morgan fingerprint density at radius 1 is 1.26 bits per heavy atom. The average Bonchev–Trinajstić information content (AvgIpc) is 2.86. The minimum Gasteiger partial charge on any atom is -0.508 e. The Hall–Kier alpha value is -2.31. The van der Waals surface area contributed by atoms with E-state index >= 15 is 0 Å². The molecule has 0 saturated carbocycles. The van der Waals surface area contributed by atoms with Crippen LogP contribution in [0, 0.1) is 6.92 Å². The number of hydrogen-bond donors (Lipinski definition) is 4. The monoisotopic (exact) mass is 373 g/mol. The Morgan fingerprint density at radius 2 is 2.04 bits per heavy atom. The molecule has 5 nitrogen and oxygen atoms in total. The molecule has 0 saturated heterocycles. The molecular weight excluding hydrogens is 358 g/mol. The average molecular weight is 374 g/mol. The Balaban J connectivity index is 1.71. The predicted molar refractivity (Wildman–Crippen MR) is 93.1 cm³/mol. The van der Waals surface area contributed by atoms with E-state index < -0.39 is 0 Å². The second-order valence-corrected chi connectivity index (χ2v) is 6.17. The number of halogens is 1. The molecule has 0 radical (unpaired) electrons. The van der Waals surface area contributed by atoms with Gasteiger partial charge in [-0.3, -0.25) is 10.2 Å². The number of fused-ring (bicyclic) bond motifs is 1. The Kier molecular flexibility index (Phi) is 4.36. The van der Waals surface area contributed by atoms with Crippen LogP contribution in [-0.2, 0) is 6.54 Å². The first-order valence-corrected chi connectivity index (χ1v) is 7.93. The molecule has 0 fully saturated rings. The van der Waals surface area contributed by atoms with Gasteiger partial charge in [0.15, 0.2) is 0 Å². The number of hydrazine groups is 1. The summed E-state index contributed by atoms with van der Waals surface area (Å²) in [4.78, 5) is 15.4. The molecule has 0 bridgehead atoms. The number of aryl methyl sites for hydroxylation is 1. The molecule has 0 spiro atoms. The zero-order valence-corrected chi connectivity index (χ0v) is 14.1. The fraction of sp³-hybridized carbons (Fsp3) is 0.118. The second-order valence-electron chi connectivity index (χ2n) is 5.25. The van der Waals surface area contributed by atoms with Crippen molar-refractivity contribution in [3.63, 3.8) is 0 Å². The number of hydrogen-bond acceptors (Lipinski definition) is 3. The predicted octanol–water partition coefficient (Wildman–Crippen LogP) is 3.38. The molecule has 0 aliphatic rings. The number of nitrogens with one attached hydrogen (secondary N) is 3. The number of phenols is 1. The standard InChI is InChI=1S/C17H16BrN3O2/c1-10-13-8-12(18)6-7-14(13)20-16(10)17(23)21-19-9-11-4-2-3-5-15(11)22/h2-8,19-20,22H,9H2,1H3,(H,21,23). The molecule has 0 aliphatic heterocycles. The smallest absolute Gasteiger partial charge is 0.282 e. The third-order valence-electron chi connectivity index (χ3n) is 3.72. The third-order valence-corrected chi connectivity index (χ3v) is 4.21. The van der Waals surface area contributed by atoms with Gasteiger partial charge in [0.25, 0.3) is 5.91 Å². The summed E-state index contributed by atoms with van der Waals surface area (Å²) < 4.78 is 0.969. The molecular formula is C17H16BrN3O2. The van der Waals surface area contributed by atoms with E-state index in [1.54, 1.807) is 18.2 Å². The normalized spacial score (nSPS) is 10.9. The van der Waals surface area contributed by atoms with Crippen molar-refractivity contribution in [2.75, 3.05) is 0 Å². The lowest BCUT2D eigenvalue weighted by Crippen LogP contribution is -2.37. The van der Waals surface area contributed by atoms with Gasteiger partial charge in [-0.2, -0.15) is 0 Å². The maximum absolute atomic E-state index is 12.3. The Bertz CT molecular complexity index is 873. The number of carbonyl (C=O) groups is 1. The van der Waals surface area contributed by atoms with Crippen molar-refractivity contribution in [1.29, 1.82) is 0 Å². The van der Waals surface area contributed by atoms with E-state index in [1.165, 1.54) is 0 Å². The molecule has 0 atom stereocenters. The van der Waals surface area contributed by atoms with Crippen LogP contribution >= 0.6 is 15.9 Å². The molecule has 0 unspecified atom stereocenters. The molecule has 118 valence electrons. The number of para-hydroxylation sites is 1. The van der Waals surface area contributed by atoms with Crippen molar-refractivity contribution in [3.8, 4) is 5.75 Å². The first-order chi connectivity index (χ1) is 11.1. The SMILES string of the molecule is Cc1c(C(=O)NNCc2ccccc2O)[nH]c2ccc(Br)cc12. The van der Waals surface area contributed by atoms with Crippen molar-refractivity contribution < 1.29 is 9.90 Å². The van der Waals surface area contributed by atoms with Crippen LogP contribution in [0.2, 0.25) is 0 Å². The van der Waals surface area contributed by atoms with Gasteiger partial charge in [0.05, 0.1) is 0 Å². The van der Waals surface area contributed by atoms with Crippen LogP contribution in [0.3, 0.4) is 0 Å². The quantitative estimate of drug-likeness (QED) is 0.529. The molecule has 3 rings (SSSR count). The first-order valence-electron chi connectivity index (χ1n) is 7.14. The van der Waals surface area contributed by atoms with E-state index in [0.717, 1.165) is 20.9 Å². The summed E-state index contributed by atoms with van der Waals surface area (Å²) in [5.41, 5.74) is 8.52. The zero-order chi connectivity index (χ0) is 16.4. The van der Waals surface area contributed by atoms with E-state index in [4.69, 9.17) is 0 Å². The van der Waals surface area contributed by atoms with Gasteiger partial charge >= 0.3 is 0 Å².